The monoisotopic (exact) mass is 666 g/mol. The van der Waals surface area contributed by atoms with Crippen LogP contribution in [0.25, 0.3) is 17.2 Å². The summed E-state index contributed by atoms with van der Waals surface area (Å²) < 4.78 is 5.60. The number of aliphatic hydroxyl groups is 1. The van der Waals surface area contributed by atoms with Crippen LogP contribution in [0.5, 0.6) is 0 Å². The molecule has 0 aliphatic rings. The van der Waals surface area contributed by atoms with Crippen LogP contribution in [-0.4, -0.2) is 61.6 Å². The summed E-state index contributed by atoms with van der Waals surface area (Å²) in [6.45, 7) is 11.4. The molecule has 0 spiro atoms. The minimum atomic E-state index is -0.811. The van der Waals surface area contributed by atoms with E-state index in [2.05, 4.69) is 51.0 Å². The predicted octanol–water partition coefficient (Wildman–Crippen LogP) is 5.20. The lowest BCUT2D eigenvalue weighted by atomic mass is 9.98. The van der Waals surface area contributed by atoms with Gasteiger partial charge in [0.05, 0.1) is 30.6 Å². The fourth-order valence-corrected chi connectivity index (χ4v) is 6.08. The highest BCUT2D eigenvalue weighted by molar-refractivity contribution is 7.09. The Morgan fingerprint density at radius 2 is 1.88 bits per heavy atom. The minimum Gasteiger partial charge on any atom is -0.445 e. The molecule has 0 fully saturated rings. The summed E-state index contributed by atoms with van der Waals surface area (Å²) in [4.78, 5) is 32.8. The molecule has 0 aliphatic heterocycles. The van der Waals surface area contributed by atoms with Gasteiger partial charge in [-0.1, -0.05) is 50.8 Å². The largest absolute Gasteiger partial charge is 0.445 e. The van der Waals surface area contributed by atoms with E-state index in [-0.39, 0.29) is 24.3 Å². The number of carbonyl (C=O) groups is 1. The molecule has 0 aliphatic carbocycles. The zero-order valence-corrected chi connectivity index (χ0v) is 28.5. The van der Waals surface area contributed by atoms with Crippen molar-refractivity contribution in [2.75, 3.05) is 19.3 Å². The number of benzene rings is 2. The Morgan fingerprint density at radius 3 is 2.56 bits per heavy atom. The Labute approximate surface area is 285 Å². The number of anilines is 1. The number of hydrogen-bond donors (Lipinski definition) is 4. The van der Waals surface area contributed by atoms with Crippen LogP contribution < -0.4 is 16.4 Å². The number of aryl methyl sites for hydroxylation is 1. The number of thiazole rings is 1. The van der Waals surface area contributed by atoms with Gasteiger partial charge < -0.3 is 30.8 Å². The highest BCUT2D eigenvalue weighted by atomic mass is 32.1. The molecule has 5 N–H and O–H groups in total. The number of nitrogens with one attached hydrogen (secondary N) is 2. The fraction of sp³-hybridized carbons (Fsp3) is 0.306. The summed E-state index contributed by atoms with van der Waals surface area (Å²) >= 11 is 1.52. The van der Waals surface area contributed by atoms with Crippen LogP contribution >= 0.6 is 11.3 Å². The molecule has 2 atom stereocenters. The van der Waals surface area contributed by atoms with Gasteiger partial charge >= 0.3 is 0 Å². The number of amides is 1. The van der Waals surface area contributed by atoms with Crippen LogP contribution in [0.3, 0.4) is 0 Å². The molecule has 0 saturated carbocycles. The molecule has 11 nitrogen and oxygen atoms in total. The second-order valence-corrected chi connectivity index (χ2v) is 13.0. The van der Waals surface area contributed by atoms with Gasteiger partial charge in [-0.2, -0.15) is 0 Å². The number of nitrogens with zero attached hydrogens (tertiary/aromatic N) is 5. The number of nitrogen functional groups attached to an aromatic ring is 1. The molecule has 0 unspecified atom stereocenters. The Bertz CT molecular complexity index is 1820. The van der Waals surface area contributed by atoms with Crippen molar-refractivity contribution in [3.63, 3.8) is 0 Å². The molecule has 3 heterocycles. The summed E-state index contributed by atoms with van der Waals surface area (Å²) in [6.07, 6.45) is 2.77. The lowest BCUT2D eigenvalue weighted by molar-refractivity contribution is 0.0785. The molecule has 0 bridgehead atoms. The molecular weight excluding hydrogens is 625 g/mol. The third kappa shape index (κ3) is 9.12. The van der Waals surface area contributed by atoms with Crippen molar-refractivity contribution in [1.82, 2.24) is 35.5 Å². The molecule has 2 aromatic carbocycles. The molecule has 12 heteroatoms. The van der Waals surface area contributed by atoms with Gasteiger partial charge in [-0.3, -0.25) is 4.79 Å². The summed E-state index contributed by atoms with van der Waals surface area (Å²) in [7, 11) is 1.75. The third-order valence-electron chi connectivity index (χ3n) is 7.78. The summed E-state index contributed by atoms with van der Waals surface area (Å²) in [5, 5.41) is 21.1. The minimum absolute atomic E-state index is 0.179. The average Bonchev–Trinajstić information content (AvgIpc) is 3.76. The lowest BCUT2D eigenvalue weighted by Gasteiger charge is -2.27. The number of aliphatic hydroxyl groups excluding tert-OH is 1. The first-order chi connectivity index (χ1) is 23.0. The zero-order valence-electron chi connectivity index (χ0n) is 27.7. The van der Waals surface area contributed by atoms with Crippen LogP contribution in [0.2, 0.25) is 0 Å². The third-order valence-corrected chi connectivity index (χ3v) is 8.73. The molecule has 1 amide bonds. The Hall–Kier alpha value is -4.91. The van der Waals surface area contributed by atoms with Crippen LogP contribution in [0.15, 0.2) is 83.4 Å². The molecular formula is C36H42N8O3S. The van der Waals surface area contributed by atoms with Crippen molar-refractivity contribution in [2.24, 2.45) is 0 Å². The molecule has 0 saturated heterocycles. The van der Waals surface area contributed by atoms with E-state index in [1.54, 1.807) is 30.3 Å². The Morgan fingerprint density at radius 1 is 1.10 bits per heavy atom. The van der Waals surface area contributed by atoms with E-state index in [1.165, 1.54) is 17.6 Å². The van der Waals surface area contributed by atoms with E-state index in [1.807, 2.05) is 54.8 Å². The topological polar surface area (TPSA) is 155 Å². The van der Waals surface area contributed by atoms with Crippen molar-refractivity contribution < 1.29 is 14.3 Å². The summed E-state index contributed by atoms with van der Waals surface area (Å²) in [6, 6.07) is 16.9. The number of aromatic nitrogens is 4. The van der Waals surface area contributed by atoms with Gasteiger partial charge in [0.25, 0.3) is 5.91 Å². The molecule has 5 aromatic rings. The number of rotatable bonds is 15. The number of carbonyl (C=O) groups excluding carboxylic acids is 1. The van der Waals surface area contributed by atoms with E-state index >= 15 is 0 Å². The van der Waals surface area contributed by atoms with Gasteiger partial charge in [-0.05, 0) is 54.7 Å². The van der Waals surface area contributed by atoms with Gasteiger partial charge in [-0.15, -0.1) is 11.3 Å². The second-order valence-electron chi connectivity index (χ2n) is 12.1. The number of hydrogen-bond acceptors (Lipinski definition) is 11. The van der Waals surface area contributed by atoms with Crippen molar-refractivity contribution in [2.45, 2.75) is 58.3 Å². The molecule has 0 radical (unpaired) electrons. The fourth-order valence-electron chi connectivity index (χ4n) is 5.26. The second kappa shape index (κ2) is 15.8. The van der Waals surface area contributed by atoms with Gasteiger partial charge in [0.15, 0.2) is 0 Å². The smallest absolute Gasteiger partial charge is 0.254 e. The standard InChI is InChI=1S/C36H42N8O3S/c1-22(2)30-17-29(42-36(37)43-30)18-38-19-32(45)31(13-25-9-7-6-8-10-25)41-24(4)26-14-27(34-39-11-12-47-34)16-28(15-26)35(46)44(5)20-33-40-23(3)21-48-33/h6-12,14-17,21-22,31-32,38,41,45H,4,13,18-20H2,1-3,5H3,(H2,37,42,43)/t31-,32+/m0/s1. The first kappa shape index (κ1) is 34.4. The van der Waals surface area contributed by atoms with E-state index in [9.17, 15) is 9.90 Å². The SMILES string of the molecule is C=C(N[C@@H](Cc1ccccc1)[C@H](O)CNCc1cc(C(C)C)nc(N)n1)c1cc(C(=O)N(C)Cc2nc(C)cs2)cc(-c2ncco2)c1. The van der Waals surface area contributed by atoms with Crippen molar-refractivity contribution in [3.05, 3.63) is 118 Å². The van der Waals surface area contributed by atoms with Gasteiger partial charge in [0.2, 0.25) is 11.8 Å². The average molecular weight is 667 g/mol. The number of oxazole rings is 1. The lowest BCUT2D eigenvalue weighted by Crippen LogP contribution is -2.45. The summed E-state index contributed by atoms with van der Waals surface area (Å²) in [5.74, 6) is 0.646. The van der Waals surface area contributed by atoms with Crippen molar-refractivity contribution >= 4 is 28.9 Å². The highest BCUT2D eigenvalue weighted by Crippen LogP contribution is 2.26. The molecule has 250 valence electrons. The van der Waals surface area contributed by atoms with Crippen LogP contribution in [0.1, 0.15) is 63.3 Å². The van der Waals surface area contributed by atoms with E-state index in [0.717, 1.165) is 27.7 Å². The van der Waals surface area contributed by atoms with Crippen LogP contribution in [-0.2, 0) is 19.5 Å². The van der Waals surface area contributed by atoms with Gasteiger partial charge in [0, 0.05) is 53.7 Å². The first-order valence-corrected chi connectivity index (χ1v) is 16.7. The predicted molar refractivity (Wildman–Crippen MR) is 189 cm³/mol. The Kier molecular flexibility index (Phi) is 11.3. The summed E-state index contributed by atoms with van der Waals surface area (Å²) in [5.41, 5.74) is 11.8. The molecule has 48 heavy (non-hydrogen) atoms. The van der Waals surface area contributed by atoms with Gasteiger partial charge in [0.1, 0.15) is 11.3 Å². The van der Waals surface area contributed by atoms with E-state index in [0.29, 0.717) is 47.8 Å². The van der Waals surface area contributed by atoms with Crippen LogP contribution in [0, 0.1) is 6.92 Å². The normalized spacial score (nSPS) is 12.5. The highest BCUT2D eigenvalue weighted by Gasteiger charge is 2.23. The quantitative estimate of drug-likeness (QED) is 0.117. The van der Waals surface area contributed by atoms with Gasteiger partial charge in [-0.25, -0.2) is 19.9 Å². The Balaban J connectivity index is 1.36. The van der Waals surface area contributed by atoms with Crippen molar-refractivity contribution in [1.29, 1.82) is 0 Å². The van der Waals surface area contributed by atoms with E-state index < -0.39 is 12.1 Å². The maximum absolute atomic E-state index is 13.7. The van der Waals surface area contributed by atoms with Crippen LogP contribution in [0.4, 0.5) is 5.95 Å². The first-order valence-electron chi connectivity index (χ1n) is 15.8. The number of nitrogens with two attached hydrogens (primary N) is 1. The van der Waals surface area contributed by atoms with E-state index in [4.69, 9.17) is 10.2 Å². The maximum atomic E-state index is 13.7. The van der Waals surface area contributed by atoms with Crippen molar-refractivity contribution in [3.8, 4) is 11.5 Å². The maximum Gasteiger partial charge on any atom is 0.254 e. The molecule has 5 rings (SSSR count). The zero-order chi connectivity index (χ0) is 34.2. The molecule has 3 aromatic heterocycles.